The number of carbonyl (C=O) groups is 4. The number of hydrogen-bond acceptors (Lipinski definition) is 10. The van der Waals surface area contributed by atoms with Crippen LogP contribution < -0.4 is 31.2 Å². The first-order valence-corrected chi connectivity index (χ1v) is 51.6. The van der Waals surface area contributed by atoms with E-state index in [2.05, 4.69) is 49.0 Å². The predicted molar refractivity (Wildman–Crippen MR) is 522 cm³/mol. The third-order valence-corrected chi connectivity index (χ3v) is 26.0. The van der Waals surface area contributed by atoms with Crippen molar-refractivity contribution in [2.24, 2.45) is 0 Å². The quantitative estimate of drug-likeness (QED) is 0.0206. The van der Waals surface area contributed by atoms with Gasteiger partial charge in [-0.3, -0.25) is 19.2 Å². The molecule has 0 radical (unpaired) electrons. The van der Waals surface area contributed by atoms with Gasteiger partial charge in [0.2, 0.25) is 0 Å². The largest absolute Gasteiger partial charge is 2.00 e. The monoisotopic (exact) mass is 1750 g/mol. The van der Waals surface area contributed by atoms with E-state index < -0.39 is 0 Å². The summed E-state index contributed by atoms with van der Waals surface area (Å²) >= 11 is 0. The topological polar surface area (TPSA) is 222 Å². The van der Waals surface area contributed by atoms with Crippen LogP contribution in [-0.4, -0.2) is 79.7 Å². The molecule has 3 aromatic heterocycles. The molecule has 125 heavy (non-hydrogen) atoms. The van der Waals surface area contributed by atoms with Crippen LogP contribution in [0, 0.1) is 0 Å². The van der Waals surface area contributed by atoms with Crippen LogP contribution in [0.25, 0.3) is 89.7 Å². The van der Waals surface area contributed by atoms with Gasteiger partial charge in [-0.05, 0) is 95.8 Å². The average Bonchev–Trinajstić information content (AvgIpc) is 1.60. The van der Waals surface area contributed by atoms with Gasteiger partial charge in [0, 0.05) is 93.3 Å². The van der Waals surface area contributed by atoms with Gasteiger partial charge in [-0.15, -0.1) is 0 Å². The second-order valence-corrected chi connectivity index (χ2v) is 36.8. The summed E-state index contributed by atoms with van der Waals surface area (Å²) in [4.78, 5) is 99.2. The minimum Gasteiger partial charge on any atom is -0.357 e. The van der Waals surface area contributed by atoms with E-state index in [1.807, 2.05) is 72.8 Å². The van der Waals surface area contributed by atoms with Gasteiger partial charge in [-0.2, -0.15) is 0 Å². The number of aromatic nitrogens is 8. The van der Waals surface area contributed by atoms with Gasteiger partial charge < -0.3 is 51.2 Å². The standard InChI is InChI=1S/C108H166N12O4.Ni/c1-5-9-13-17-21-25-29-33-37-41-45-49-53-57-61-65-77-109-105(121)85-69-73-89-93(81-85)101-114-97(89)113-98-90-74-70-86(106(122)110-78-66-62-58-54-50-46-42-38-34-30-26-22-18-14-10-6-2)82-94(90)102(115-98)117-100-92-76-72-88(108(124)112-80-68-64-60-56-52-48-44-40-36-32-28-24-20-16-12-8-4)84-96(92)104(119-100)120-103-95-83-87(71-75-91(95)99(116-101)118-103)107(123)111-79-67-63-59-55-51-47-43-39-35-31-27-23-19-15-11-7-3;/h69-76,81-84H,5-68,77-80H2,1-4H3,(H6,109,110,111,112,113,114,115,116,117,118,119,120,121,122,123,124);/q;+2/p-2. The Bertz CT molecular complexity index is 4380. The predicted octanol–water partition coefficient (Wildman–Crippen LogP) is 30.1. The molecule has 0 spiro atoms. The number of fused-ring (bicyclic) bond motifs is 20. The number of nitrogens with zero attached hydrogens (tertiary/aromatic N) is 8. The number of benzene rings is 4. The number of carbonyl (C=O) groups excluding carboxylic acids is 4. The molecule has 17 heteroatoms. The molecule has 5 heterocycles. The number of nitrogens with one attached hydrogen (secondary N) is 4. The average molecular weight is 1750 g/mol. The van der Waals surface area contributed by atoms with E-state index >= 15 is 0 Å². The van der Waals surface area contributed by atoms with E-state index in [0.29, 0.717) is 127 Å². The van der Waals surface area contributed by atoms with Crippen molar-refractivity contribution in [1.29, 1.82) is 0 Å². The second kappa shape index (κ2) is 63.5. The van der Waals surface area contributed by atoms with Crippen LogP contribution in [0.2, 0.25) is 0 Å². The molecule has 0 fully saturated rings. The third-order valence-electron chi connectivity index (χ3n) is 26.0. The fourth-order valence-electron chi connectivity index (χ4n) is 18.1. The summed E-state index contributed by atoms with van der Waals surface area (Å²) in [6.07, 6.45) is 82.1. The Kier molecular flexibility index (Phi) is 52.4. The summed E-state index contributed by atoms with van der Waals surface area (Å²) < 4.78 is 0. The van der Waals surface area contributed by atoms with E-state index in [4.69, 9.17) is 39.9 Å². The molecule has 9 rings (SSSR count). The van der Waals surface area contributed by atoms with Crippen molar-refractivity contribution in [2.75, 3.05) is 26.2 Å². The van der Waals surface area contributed by atoms with E-state index in [1.54, 1.807) is 0 Å². The maximum absolute atomic E-state index is 14.3. The smallest absolute Gasteiger partial charge is 0.357 e. The molecule has 690 valence electrons. The molecule has 0 saturated carbocycles. The first-order chi connectivity index (χ1) is 61.2. The van der Waals surface area contributed by atoms with Crippen molar-refractivity contribution in [3.63, 3.8) is 0 Å². The normalized spacial score (nSPS) is 11.7. The Morgan fingerprint density at radius 3 is 0.600 bits per heavy atom. The first kappa shape index (κ1) is 103. The van der Waals surface area contributed by atoms with Crippen molar-refractivity contribution >= 4 is 67.8 Å². The molecule has 4 N–H and O–H groups in total. The van der Waals surface area contributed by atoms with Crippen LogP contribution in [0.3, 0.4) is 0 Å². The molecule has 2 aliphatic rings. The van der Waals surface area contributed by atoms with Crippen LogP contribution in [0.1, 0.15) is 480 Å². The number of amides is 4. The van der Waals surface area contributed by atoms with Gasteiger partial charge in [-0.1, -0.05) is 437 Å². The Morgan fingerprint density at radius 2 is 0.384 bits per heavy atom. The molecule has 4 aromatic carbocycles. The second-order valence-electron chi connectivity index (χ2n) is 36.8. The van der Waals surface area contributed by atoms with E-state index in [1.165, 1.54) is 334 Å². The molecule has 4 amide bonds. The molecule has 16 nitrogen and oxygen atoms in total. The minimum absolute atomic E-state index is 0. The molecule has 2 aliphatic heterocycles. The number of unbranched alkanes of at least 4 members (excludes halogenated alkanes) is 60. The SMILES string of the molecule is CCCCCCCCCCCCCCCCCCNC(=O)c1ccc2c(c1)-c1nc-2nc2[n-]c(nc3nc(nc4[n-]c(n1)c1ccc(C(=O)NCCCCCCCCCCCCCCCCCC)cc41)-c1cc(C(=O)NCCCCCCCCCCCCCCCCCC)ccc1-3)c1cc(C(=O)NCCCCCCCCCCCCCCCCCC)ccc21.[Ni+2]. The molecule has 7 aromatic rings. The van der Waals surface area contributed by atoms with Gasteiger partial charge >= 0.3 is 16.5 Å². The van der Waals surface area contributed by atoms with Gasteiger partial charge in [0.15, 0.2) is 0 Å². The van der Waals surface area contributed by atoms with Crippen molar-refractivity contribution in [3.8, 4) is 45.6 Å². The van der Waals surface area contributed by atoms with Crippen molar-refractivity contribution in [1.82, 2.24) is 61.1 Å². The fraction of sp³-hybridized carbons (Fsp3) is 0.667. The first-order valence-electron chi connectivity index (χ1n) is 51.6. The van der Waals surface area contributed by atoms with Gasteiger partial charge in [-0.25, -0.2) is 9.97 Å². The molecule has 0 atom stereocenters. The number of rotatable bonds is 72. The van der Waals surface area contributed by atoms with Crippen LogP contribution in [-0.2, 0) is 16.5 Å². The molecule has 0 unspecified atom stereocenters. The molecule has 0 saturated heterocycles. The van der Waals surface area contributed by atoms with Crippen LogP contribution in [0.5, 0.6) is 0 Å². The number of hydrogen-bond donors (Lipinski definition) is 4. The van der Waals surface area contributed by atoms with E-state index in [0.717, 1.165) is 77.0 Å². The van der Waals surface area contributed by atoms with Gasteiger partial charge in [0.1, 0.15) is 0 Å². The van der Waals surface area contributed by atoms with Crippen LogP contribution >= 0.6 is 0 Å². The molecular weight excluding hydrogens is 1590 g/mol. The Labute approximate surface area is 765 Å². The van der Waals surface area contributed by atoms with E-state index in [-0.39, 0.29) is 51.6 Å². The maximum atomic E-state index is 14.3. The van der Waals surface area contributed by atoms with Gasteiger partial charge in [0.25, 0.3) is 23.6 Å². The summed E-state index contributed by atoms with van der Waals surface area (Å²) in [6.45, 7) is 11.4. The van der Waals surface area contributed by atoms with Crippen LogP contribution in [0.15, 0.2) is 72.8 Å². The summed E-state index contributed by atoms with van der Waals surface area (Å²) in [5.41, 5.74) is 5.48. The van der Waals surface area contributed by atoms with Gasteiger partial charge in [0.05, 0.1) is 23.3 Å². The Morgan fingerprint density at radius 1 is 0.208 bits per heavy atom. The zero-order valence-electron chi connectivity index (χ0n) is 78.5. The van der Waals surface area contributed by atoms with Crippen molar-refractivity contribution < 1.29 is 35.7 Å². The van der Waals surface area contributed by atoms with Crippen LogP contribution in [0.4, 0.5) is 0 Å². The maximum Gasteiger partial charge on any atom is 2.00 e. The van der Waals surface area contributed by atoms with E-state index in [9.17, 15) is 19.2 Å². The Balaban J connectivity index is 0.0000194. The Hall–Kier alpha value is -7.39. The molecular formula is C108H164N12NiO4. The summed E-state index contributed by atoms with van der Waals surface area (Å²) in [5.74, 6) is 0.433. The zero-order chi connectivity index (χ0) is 86.9. The fourth-order valence-corrected chi connectivity index (χ4v) is 18.1. The molecule has 8 bridgehead atoms. The summed E-state index contributed by atoms with van der Waals surface area (Å²) in [5, 5.41) is 15.3. The van der Waals surface area contributed by atoms with Crippen molar-refractivity contribution in [2.45, 2.75) is 439 Å². The van der Waals surface area contributed by atoms with Crippen molar-refractivity contribution in [3.05, 3.63) is 95.1 Å². The molecule has 0 aliphatic carbocycles. The summed E-state index contributed by atoms with van der Waals surface area (Å²) in [7, 11) is 0. The summed E-state index contributed by atoms with van der Waals surface area (Å²) in [6, 6.07) is 22.1. The third kappa shape index (κ3) is 38.1. The zero-order valence-corrected chi connectivity index (χ0v) is 79.5. The minimum atomic E-state index is -0.194.